The molecule has 5 aliphatic heterocycles. The van der Waals surface area contributed by atoms with Crippen LogP contribution in [0.2, 0.25) is 0 Å². The summed E-state index contributed by atoms with van der Waals surface area (Å²) >= 11 is 0. The molecule has 9 rings (SSSR count). The highest BCUT2D eigenvalue weighted by Crippen LogP contribution is 2.45. The Morgan fingerprint density at radius 2 is 1.71 bits per heavy atom. The number of carbonyl (C=O) groups excluding carboxylic acids is 2. The lowest BCUT2D eigenvalue weighted by atomic mass is 9.95. The Morgan fingerprint density at radius 3 is 2.42 bits per heavy atom. The molecule has 4 atom stereocenters. The van der Waals surface area contributed by atoms with Gasteiger partial charge < -0.3 is 33.6 Å². The van der Waals surface area contributed by atoms with Crippen LogP contribution in [0.4, 0.5) is 32.6 Å². The van der Waals surface area contributed by atoms with Crippen LogP contribution in [0.5, 0.6) is 11.9 Å². The van der Waals surface area contributed by atoms with Gasteiger partial charge >= 0.3 is 24.2 Å². The largest absolute Gasteiger partial charge is 0.474 e. The van der Waals surface area contributed by atoms with E-state index in [2.05, 4.69) is 4.90 Å². The van der Waals surface area contributed by atoms with Gasteiger partial charge in [-0.05, 0) is 87.7 Å². The topological polar surface area (TPSA) is 123 Å². The maximum Gasteiger partial charge on any atom is 0.471 e. The maximum atomic E-state index is 17.6. The number of ether oxygens (including phenoxy) is 4. The van der Waals surface area contributed by atoms with E-state index in [4.69, 9.17) is 33.9 Å². The van der Waals surface area contributed by atoms with Crippen LogP contribution in [-0.4, -0.2) is 137 Å². The molecule has 5 aliphatic rings. The lowest BCUT2D eigenvalue weighted by Gasteiger charge is -2.42. The third kappa shape index (κ3) is 7.60. The summed E-state index contributed by atoms with van der Waals surface area (Å²) in [7, 11) is 0. The third-order valence-corrected chi connectivity index (χ3v) is 13.2. The molecule has 2 bridgehead atoms. The average Bonchev–Trinajstić information content (AvgIpc) is 3.91. The number of morpholine rings is 1. The molecule has 62 heavy (non-hydrogen) atoms. The molecule has 0 saturated carbocycles. The number of hydrogen-bond donors (Lipinski definition) is 0. The van der Waals surface area contributed by atoms with Gasteiger partial charge in [-0.1, -0.05) is 31.2 Å². The number of fused-ring (bicyclic) bond motifs is 5. The Kier molecular flexibility index (Phi) is 11.3. The van der Waals surface area contributed by atoms with Gasteiger partial charge in [0.15, 0.2) is 5.82 Å². The van der Waals surface area contributed by atoms with E-state index >= 15 is 8.78 Å². The molecule has 2 unspecified atom stereocenters. The van der Waals surface area contributed by atoms with E-state index in [0.29, 0.717) is 67.5 Å². The SMILES string of the molecule is CCc1c(F)ccc2cccc(-c3nc(OC(C)C)c4c(N5CC6CCC(C5)N6C(=O)C(F)(F)F)nc(OC[C@]56CCCN5[C@@H](COC(=O)N5CCOCC5)CC6)nc4c3F)c12. The molecule has 0 N–H and O–H groups in total. The van der Waals surface area contributed by atoms with Crippen LogP contribution < -0.4 is 14.4 Å². The van der Waals surface area contributed by atoms with E-state index in [1.165, 1.54) is 6.07 Å². The minimum atomic E-state index is -5.04. The monoisotopic (exact) mass is 867 g/mol. The normalized spacial score (nSPS) is 24.1. The zero-order chi connectivity index (χ0) is 43.5. The van der Waals surface area contributed by atoms with Gasteiger partial charge in [0.05, 0.1) is 36.9 Å². The summed E-state index contributed by atoms with van der Waals surface area (Å²) < 4.78 is 98.2. The standard InChI is InChI=1S/C44H50F5N7O6/c1-4-30-32(45)12-9-26-7-5-8-31(33(26)30)36-35(46)37-34(39(50-36)62-25(2)3)38(54-21-27-10-11-28(22-54)56(27)40(57)44(47,48)49)52-41(51-37)61-24-43-14-6-16-55(43)29(13-15-43)23-60-42(58)53-17-19-59-20-18-53/h5,7-9,12,25,27-29H,4,6,10-11,13-24H2,1-3H3/t27?,28?,29-,43-/m1/s1. The van der Waals surface area contributed by atoms with Crippen LogP contribution >= 0.6 is 0 Å². The van der Waals surface area contributed by atoms with Crippen molar-refractivity contribution in [2.24, 2.45) is 0 Å². The van der Waals surface area contributed by atoms with Crippen molar-refractivity contribution in [1.82, 2.24) is 29.7 Å². The molecule has 7 heterocycles. The molecule has 18 heteroatoms. The van der Waals surface area contributed by atoms with E-state index in [9.17, 15) is 22.8 Å². The molecule has 0 spiro atoms. The number of pyridine rings is 1. The zero-order valence-electron chi connectivity index (χ0n) is 35.0. The molecule has 2 aromatic carbocycles. The van der Waals surface area contributed by atoms with Gasteiger partial charge in [0.25, 0.3) is 0 Å². The molecular weight excluding hydrogens is 818 g/mol. The smallest absolute Gasteiger partial charge is 0.471 e. The number of piperazine rings is 1. The number of aromatic nitrogens is 3. The Labute approximate surface area is 355 Å². The quantitative estimate of drug-likeness (QED) is 0.152. The maximum absolute atomic E-state index is 17.6. The van der Waals surface area contributed by atoms with Crippen molar-refractivity contribution in [2.75, 3.05) is 64.1 Å². The van der Waals surface area contributed by atoms with Crippen LogP contribution in [0.3, 0.4) is 0 Å². The number of benzene rings is 2. The van der Waals surface area contributed by atoms with E-state index in [0.717, 1.165) is 37.1 Å². The summed E-state index contributed by atoms with van der Waals surface area (Å²) in [6, 6.07) is 6.51. The molecule has 4 aromatic rings. The highest BCUT2D eigenvalue weighted by atomic mass is 19.4. The van der Waals surface area contributed by atoms with Crippen LogP contribution in [0.15, 0.2) is 30.3 Å². The van der Waals surface area contributed by atoms with Crippen molar-refractivity contribution >= 4 is 39.5 Å². The van der Waals surface area contributed by atoms with E-state index in [-0.39, 0.29) is 72.7 Å². The van der Waals surface area contributed by atoms with E-state index < -0.39 is 47.4 Å². The van der Waals surface area contributed by atoms with Crippen molar-refractivity contribution in [1.29, 1.82) is 0 Å². The fourth-order valence-electron chi connectivity index (χ4n) is 10.4. The summed E-state index contributed by atoms with van der Waals surface area (Å²) in [6.07, 6.45) is -1.65. The first kappa shape index (κ1) is 42.2. The number of nitrogens with zero attached hydrogens (tertiary/aromatic N) is 7. The van der Waals surface area contributed by atoms with Gasteiger partial charge in [-0.15, -0.1) is 0 Å². The summed E-state index contributed by atoms with van der Waals surface area (Å²) in [4.78, 5) is 46.4. The number of halogens is 5. The molecule has 332 valence electrons. The van der Waals surface area contributed by atoms with Gasteiger partial charge in [0, 0.05) is 37.8 Å². The Bertz CT molecular complexity index is 2370. The van der Waals surface area contributed by atoms with Gasteiger partial charge in [-0.3, -0.25) is 9.69 Å². The molecule has 5 saturated heterocycles. The van der Waals surface area contributed by atoms with Gasteiger partial charge in [-0.25, -0.2) is 18.6 Å². The van der Waals surface area contributed by atoms with Gasteiger partial charge in [-0.2, -0.15) is 23.1 Å². The molecule has 2 aromatic heterocycles. The van der Waals surface area contributed by atoms with Crippen LogP contribution in [0.25, 0.3) is 32.9 Å². The van der Waals surface area contributed by atoms with E-state index in [1.54, 1.807) is 41.8 Å². The Hall–Kier alpha value is -5.10. The number of carbonyl (C=O) groups is 2. The third-order valence-electron chi connectivity index (χ3n) is 13.2. The second-order valence-electron chi connectivity index (χ2n) is 17.3. The fraction of sp³-hybridized carbons (Fsp3) is 0.568. The van der Waals surface area contributed by atoms with Crippen LogP contribution in [0, 0.1) is 11.6 Å². The Morgan fingerprint density at radius 1 is 0.952 bits per heavy atom. The molecule has 0 aliphatic carbocycles. The summed E-state index contributed by atoms with van der Waals surface area (Å²) in [6.45, 7) is 8.37. The second kappa shape index (κ2) is 16.5. The Balaban J connectivity index is 1.11. The van der Waals surface area contributed by atoms with Crippen molar-refractivity contribution in [2.45, 2.75) is 102 Å². The molecule has 0 radical (unpaired) electrons. The predicted molar refractivity (Wildman–Crippen MR) is 218 cm³/mol. The zero-order valence-corrected chi connectivity index (χ0v) is 35.0. The lowest BCUT2D eigenvalue weighted by molar-refractivity contribution is -0.188. The number of hydrogen-bond acceptors (Lipinski definition) is 11. The molecule has 2 amide bonds. The summed E-state index contributed by atoms with van der Waals surface area (Å²) in [5.41, 5.74) is -0.0154. The van der Waals surface area contributed by atoms with Crippen molar-refractivity contribution in [3.8, 4) is 23.1 Å². The molecular formula is C44H50F5N7O6. The lowest BCUT2D eigenvalue weighted by Crippen LogP contribution is -2.59. The number of aryl methyl sites for hydroxylation is 1. The highest BCUT2D eigenvalue weighted by Gasteiger charge is 2.53. The van der Waals surface area contributed by atoms with Crippen molar-refractivity contribution in [3.05, 3.63) is 47.5 Å². The first-order valence-corrected chi connectivity index (χ1v) is 21.6. The highest BCUT2D eigenvalue weighted by molar-refractivity contribution is 6.02. The number of anilines is 1. The predicted octanol–water partition coefficient (Wildman–Crippen LogP) is 7.06. The van der Waals surface area contributed by atoms with Gasteiger partial charge in [0.1, 0.15) is 41.4 Å². The minimum absolute atomic E-state index is 0.00799. The van der Waals surface area contributed by atoms with Gasteiger partial charge in [0.2, 0.25) is 5.88 Å². The van der Waals surface area contributed by atoms with Crippen molar-refractivity contribution in [3.63, 3.8) is 0 Å². The van der Waals surface area contributed by atoms with E-state index in [1.807, 2.05) is 13.0 Å². The van der Waals surface area contributed by atoms with Crippen LogP contribution in [-0.2, 0) is 20.7 Å². The van der Waals surface area contributed by atoms with Crippen molar-refractivity contribution < 1.29 is 50.5 Å². The first-order chi connectivity index (χ1) is 29.8. The molecule has 13 nitrogen and oxygen atoms in total. The number of alkyl halides is 3. The number of amides is 2. The fourth-order valence-corrected chi connectivity index (χ4v) is 10.4. The van der Waals surface area contributed by atoms with Crippen LogP contribution in [0.1, 0.15) is 64.9 Å². The minimum Gasteiger partial charge on any atom is -0.474 e. The number of rotatable bonds is 10. The summed E-state index contributed by atoms with van der Waals surface area (Å²) in [5, 5.41) is 1.29. The summed E-state index contributed by atoms with van der Waals surface area (Å²) in [5.74, 6) is -3.00. The first-order valence-electron chi connectivity index (χ1n) is 21.6. The molecule has 5 fully saturated rings. The average molecular weight is 868 g/mol. The second-order valence-corrected chi connectivity index (χ2v) is 17.3.